The Kier molecular flexibility index (Phi) is 5.51. The van der Waals surface area contributed by atoms with Gasteiger partial charge >= 0.3 is 0 Å². The van der Waals surface area contributed by atoms with Gasteiger partial charge in [0.25, 0.3) is 0 Å². The van der Waals surface area contributed by atoms with Crippen molar-refractivity contribution in [3.63, 3.8) is 0 Å². The van der Waals surface area contributed by atoms with Crippen LogP contribution in [0.1, 0.15) is 25.7 Å². The molecule has 1 N–H and O–H groups in total. The summed E-state index contributed by atoms with van der Waals surface area (Å²) < 4.78 is 46.0. The molecule has 0 bridgehead atoms. The maximum atomic E-state index is 14.3. The molecule has 2 heterocycles. The smallest absolute Gasteiger partial charge is 0.216 e. The minimum absolute atomic E-state index is 0.159. The molecule has 1 aliphatic carbocycles. The third-order valence-corrected chi connectivity index (χ3v) is 8.76. The molecular formula is C24H26FN3O3S. The van der Waals surface area contributed by atoms with E-state index in [1.807, 2.05) is 30.5 Å². The van der Waals surface area contributed by atoms with E-state index in [2.05, 4.69) is 10.3 Å². The zero-order valence-corrected chi connectivity index (χ0v) is 18.7. The quantitative estimate of drug-likeness (QED) is 0.596. The van der Waals surface area contributed by atoms with Gasteiger partial charge in [0.05, 0.1) is 12.4 Å². The highest BCUT2D eigenvalue weighted by atomic mass is 32.2. The van der Waals surface area contributed by atoms with Crippen LogP contribution in [0.25, 0.3) is 21.9 Å². The molecule has 0 radical (unpaired) electrons. The molecule has 32 heavy (non-hydrogen) atoms. The van der Waals surface area contributed by atoms with Gasteiger partial charge in [0.15, 0.2) is 11.6 Å². The van der Waals surface area contributed by atoms with Crippen LogP contribution in [0, 0.1) is 5.82 Å². The molecule has 3 aromatic rings. The minimum Gasteiger partial charge on any atom is -0.494 e. The molecule has 2 aromatic carbocycles. The van der Waals surface area contributed by atoms with Crippen LogP contribution in [0.5, 0.6) is 5.75 Å². The number of fused-ring (bicyclic) bond motifs is 1. The third-order valence-electron chi connectivity index (χ3n) is 6.36. The number of benzene rings is 2. The average Bonchev–Trinajstić information content (AvgIpc) is 3.65. The van der Waals surface area contributed by atoms with Crippen LogP contribution in [0.4, 0.5) is 10.1 Å². The fourth-order valence-corrected chi connectivity index (χ4v) is 6.26. The summed E-state index contributed by atoms with van der Waals surface area (Å²) in [7, 11) is -1.67. The number of anilines is 1. The Labute approximate surface area is 187 Å². The van der Waals surface area contributed by atoms with Crippen molar-refractivity contribution in [1.82, 2.24) is 9.29 Å². The van der Waals surface area contributed by atoms with Crippen LogP contribution >= 0.6 is 0 Å². The summed E-state index contributed by atoms with van der Waals surface area (Å²) in [6.07, 6.45) is 6.63. The molecule has 8 heteroatoms. The lowest BCUT2D eigenvalue weighted by Gasteiger charge is -2.32. The number of methoxy groups -OCH3 is 1. The molecule has 0 atom stereocenters. The van der Waals surface area contributed by atoms with E-state index < -0.39 is 15.8 Å². The number of aromatic nitrogens is 1. The van der Waals surface area contributed by atoms with E-state index in [-0.39, 0.29) is 17.0 Å². The van der Waals surface area contributed by atoms with Gasteiger partial charge in [-0.25, -0.2) is 17.1 Å². The van der Waals surface area contributed by atoms with E-state index in [1.165, 1.54) is 13.2 Å². The van der Waals surface area contributed by atoms with Gasteiger partial charge in [0.1, 0.15) is 0 Å². The molecule has 1 saturated carbocycles. The van der Waals surface area contributed by atoms with E-state index in [4.69, 9.17) is 4.74 Å². The summed E-state index contributed by atoms with van der Waals surface area (Å²) in [4.78, 5) is 4.27. The topological polar surface area (TPSA) is 71.5 Å². The number of ether oxygens (including phenoxy) is 1. The summed E-state index contributed by atoms with van der Waals surface area (Å²) in [6.45, 7) is 1.08. The van der Waals surface area contributed by atoms with Crippen molar-refractivity contribution in [2.24, 2.45) is 0 Å². The largest absolute Gasteiger partial charge is 0.494 e. The summed E-state index contributed by atoms with van der Waals surface area (Å²) in [6, 6.07) is 11.1. The molecular weight excluding hydrogens is 429 g/mol. The Bertz CT molecular complexity index is 1250. The first-order chi connectivity index (χ1) is 15.5. The van der Waals surface area contributed by atoms with Crippen molar-refractivity contribution in [3.05, 3.63) is 54.6 Å². The predicted molar refractivity (Wildman–Crippen MR) is 124 cm³/mol. The van der Waals surface area contributed by atoms with Crippen molar-refractivity contribution in [2.45, 2.75) is 37.0 Å². The second-order valence-electron chi connectivity index (χ2n) is 8.53. The molecule has 1 aromatic heterocycles. The summed E-state index contributed by atoms with van der Waals surface area (Å²) in [5, 5.41) is 5.43. The lowest BCUT2D eigenvalue weighted by Crippen LogP contribution is -2.43. The summed E-state index contributed by atoms with van der Waals surface area (Å²) >= 11 is 0. The maximum absolute atomic E-state index is 14.3. The molecule has 1 saturated heterocycles. The van der Waals surface area contributed by atoms with Crippen LogP contribution in [0.3, 0.4) is 0 Å². The molecule has 2 fully saturated rings. The molecule has 0 amide bonds. The van der Waals surface area contributed by atoms with Gasteiger partial charge in [0, 0.05) is 42.6 Å². The van der Waals surface area contributed by atoms with Gasteiger partial charge in [-0.15, -0.1) is 0 Å². The molecule has 168 valence electrons. The number of nitrogens with zero attached hydrogens (tertiary/aromatic N) is 2. The van der Waals surface area contributed by atoms with Crippen LogP contribution in [-0.2, 0) is 10.0 Å². The lowest BCUT2D eigenvalue weighted by atomic mass is 9.99. The summed E-state index contributed by atoms with van der Waals surface area (Å²) in [5.74, 6) is -0.191. The van der Waals surface area contributed by atoms with Gasteiger partial charge < -0.3 is 10.1 Å². The first kappa shape index (κ1) is 21.2. The Balaban J connectivity index is 1.41. The maximum Gasteiger partial charge on any atom is 0.216 e. The van der Waals surface area contributed by atoms with Gasteiger partial charge in [-0.1, -0.05) is 6.07 Å². The van der Waals surface area contributed by atoms with Crippen molar-refractivity contribution < 1.29 is 17.5 Å². The van der Waals surface area contributed by atoms with Gasteiger partial charge in [-0.3, -0.25) is 4.98 Å². The lowest BCUT2D eigenvalue weighted by molar-refractivity contribution is 0.329. The Hall–Kier alpha value is -2.71. The van der Waals surface area contributed by atoms with Crippen LogP contribution in [0.15, 0.2) is 48.8 Å². The number of hydrogen-bond acceptors (Lipinski definition) is 5. The van der Waals surface area contributed by atoms with Crippen LogP contribution < -0.4 is 10.1 Å². The standard InChI is InChI=1S/C24H26FN3O3S/c1-31-24-5-2-16(13-22(24)25)18-12-17-6-9-26-15-21(17)23(14-18)27-19-7-10-28(11-8-19)32(29,30)20-3-4-20/h2,5-6,9,12-15,19-20,27H,3-4,7-8,10-11H2,1H3. The van der Waals surface area contributed by atoms with Crippen LogP contribution in [-0.4, -0.2) is 49.2 Å². The van der Waals surface area contributed by atoms with Crippen molar-refractivity contribution in [3.8, 4) is 16.9 Å². The highest BCUT2D eigenvalue weighted by Gasteiger charge is 2.41. The zero-order valence-electron chi connectivity index (χ0n) is 17.9. The fourth-order valence-electron chi connectivity index (χ4n) is 4.38. The number of piperidine rings is 1. The van der Waals surface area contributed by atoms with Crippen LogP contribution in [0.2, 0.25) is 0 Å². The number of hydrogen-bond donors (Lipinski definition) is 1. The first-order valence-electron chi connectivity index (χ1n) is 10.9. The monoisotopic (exact) mass is 455 g/mol. The molecule has 6 nitrogen and oxygen atoms in total. The first-order valence-corrected chi connectivity index (χ1v) is 12.4. The number of sulfonamides is 1. The van der Waals surface area contributed by atoms with Crippen molar-refractivity contribution in [2.75, 3.05) is 25.5 Å². The Morgan fingerprint density at radius 3 is 2.53 bits per heavy atom. The van der Waals surface area contributed by atoms with Gasteiger partial charge in [-0.05, 0) is 72.5 Å². The summed E-state index contributed by atoms with van der Waals surface area (Å²) in [5.41, 5.74) is 2.57. The number of rotatable bonds is 6. The number of nitrogens with one attached hydrogen (secondary N) is 1. The molecule has 5 rings (SSSR count). The van der Waals surface area contributed by atoms with E-state index >= 15 is 0 Å². The SMILES string of the molecule is COc1ccc(-c2cc(NC3CCN(S(=O)(=O)C4CC4)CC3)c3cnccc3c2)cc1F. The molecule has 0 spiro atoms. The molecule has 2 aliphatic rings. The zero-order chi connectivity index (χ0) is 22.3. The van der Waals surface area contributed by atoms with E-state index in [1.54, 1.807) is 16.6 Å². The van der Waals surface area contributed by atoms with Gasteiger partial charge in [-0.2, -0.15) is 0 Å². The second kappa shape index (κ2) is 8.33. The van der Waals surface area contributed by atoms with E-state index in [9.17, 15) is 12.8 Å². The van der Waals surface area contributed by atoms with E-state index in [0.717, 1.165) is 53.3 Å². The number of halogens is 1. The van der Waals surface area contributed by atoms with Crippen molar-refractivity contribution in [1.29, 1.82) is 0 Å². The predicted octanol–water partition coefficient (Wildman–Crippen LogP) is 4.42. The average molecular weight is 456 g/mol. The molecule has 0 unspecified atom stereocenters. The van der Waals surface area contributed by atoms with E-state index in [0.29, 0.717) is 13.1 Å². The highest BCUT2D eigenvalue weighted by Crippen LogP contribution is 2.35. The second-order valence-corrected chi connectivity index (χ2v) is 10.7. The highest BCUT2D eigenvalue weighted by molar-refractivity contribution is 7.90. The molecule has 1 aliphatic heterocycles. The Morgan fingerprint density at radius 1 is 1.06 bits per heavy atom. The third kappa shape index (κ3) is 4.04. The normalized spacial score (nSPS) is 18.1. The number of pyridine rings is 1. The fraction of sp³-hybridized carbons (Fsp3) is 0.375. The Morgan fingerprint density at radius 2 is 1.84 bits per heavy atom. The van der Waals surface area contributed by atoms with Gasteiger partial charge in [0.2, 0.25) is 10.0 Å². The van der Waals surface area contributed by atoms with Crippen molar-refractivity contribution >= 4 is 26.5 Å². The minimum atomic E-state index is -3.12.